The van der Waals surface area contributed by atoms with Crippen LogP contribution in [-0.2, 0) is 4.79 Å². The third kappa shape index (κ3) is 2.71. The lowest BCUT2D eigenvalue weighted by Crippen LogP contribution is -2.30. The zero-order valence-electron chi connectivity index (χ0n) is 8.18. The minimum absolute atomic E-state index is 0.321. The second-order valence-corrected chi connectivity index (χ2v) is 2.88. The van der Waals surface area contributed by atoms with E-state index in [0.717, 1.165) is 0 Å². The molecule has 1 aromatic rings. The van der Waals surface area contributed by atoms with Gasteiger partial charge in [0.05, 0.1) is 0 Å². The van der Waals surface area contributed by atoms with Crippen LogP contribution in [0.4, 0.5) is 5.69 Å². The number of carbonyl (C=O) groups excluding carboxylic acids is 2. The Kier molecular flexibility index (Phi) is 3.44. The molecule has 84 valence electrons. The Morgan fingerprint density at radius 3 is 2.19 bits per heavy atom. The predicted molar refractivity (Wildman–Crippen MR) is 57.0 cm³/mol. The number of benzene rings is 1. The SMILES string of the molecule is NC(=O)c1ccc(NC(=O)/C(N)=N\O)cc1. The number of amidine groups is 1. The number of nitrogens with zero attached hydrogens (tertiary/aromatic N) is 1. The van der Waals surface area contributed by atoms with Gasteiger partial charge < -0.3 is 22.0 Å². The summed E-state index contributed by atoms with van der Waals surface area (Å²) in [5, 5.41) is 13.1. The Labute approximate surface area is 90.7 Å². The highest BCUT2D eigenvalue weighted by Gasteiger charge is 2.07. The van der Waals surface area contributed by atoms with Gasteiger partial charge >= 0.3 is 0 Å². The largest absolute Gasteiger partial charge is 0.409 e. The van der Waals surface area contributed by atoms with Crippen LogP contribution in [0.15, 0.2) is 29.4 Å². The van der Waals surface area contributed by atoms with Gasteiger partial charge in [0.1, 0.15) is 0 Å². The fourth-order valence-corrected chi connectivity index (χ4v) is 0.958. The molecule has 0 saturated carbocycles. The van der Waals surface area contributed by atoms with E-state index in [0.29, 0.717) is 11.3 Å². The van der Waals surface area contributed by atoms with Crippen LogP contribution in [0.3, 0.4) is 0 Å². The van der Waals surface area contributed by atoms with Crippen LogP contribution in [-0.4, -0.2) is 22.9 Å². The van der Waals surface area contributed by atoms with E-state index >= 15 is 0 Å². The molecule has 0 heterocycles. The van der Waals surface area contributed by atoms with E-state index in [2.05, 4.69) is 10.5 Å². The van der Waals surface area contributed by atoms with Gasteiger partial charge in [-0.25, -0.2) is 0 Å². The Hall–Kier alpha value is -2.57. The van der Waals surface area contributed by atoms with Gasteiger partial charge in [0, 0.05) is 11.3 Å². The lowest BCUT2D eigenvalue weighted by atomic mass is 10.2. The van der Waals surface area contributed by atoms with Gasteiger partial charge in [0.2, 0.25) is 11.7 Å². The van der Waals surface area contributed by atoms with Crippen LogP contribution >= 0.6 is 0 Å². The summed E-state index contributed by atoms with van der Waals surface area (Å²) in [7, 11) is 0. The van der Waals surface area contributed by atoms with Crippen molar-refractivity contribution in [1.29, 1.82) is 0 Å². The maximum atomic E-state index is 11.1. The maximum absolute atomic E-state index is 11.1. The van der Waals surface area contributed by atoms with Crippen molar-refractivity contribution in [3.63, 3.8) is 0 Å². The number of amides is 2. The molecule has 0 saturated heterocycles. The monoisotopic (exact) mass is 222 g/mol. The molecule has 0 atom stereocenters. The standard InChI is InChI=1S/C9H10N4O3/c10-7(13-16)9(15)12-6-3-1-5(2-4-6)8(11)14/h1-4,16H,(H2,10,13)(H2,11,14)(H,12,15). The number of hydrogen-bond acceptors (Lipinski definition) is 4. The molecule has 0 radical (unpaired) electrons. The molecular formula is C9H10N4O3. The minimum Gasteiger partial charge on any atom is -0.409 e. The van der Waals surface area contributed by atoms with Crippen LogP contribution in [0.1, 0.15) is 10.4 Å². The Morgan fingerprint density at radius 2 is 1.75 bits per heavy atom. The molecule has 0 aliphatic heterocycles. The first-order valence-electron chi connectivity index (χ1n) is 4.23. The van der Waals surface area contributed by atoms with Crippen molar-refractivity contribution < 1.29 is 14.8 Å². The summed E-state index contributed by atoms with van der Waals surface area (Å²) in [4.78, 5) is 21.9. The van der Waals surface area contributed by atoms with E-state index < -0.39 is 17.6 Å². The van der Waals surface area contributed by atoms with E-state index in [1.165, 1.54) is 24.3 Å². The average molecular weight is 222 g/mol. The molecule has 2 amide bonds. The predicted octanol–water partition coefficient (Wildman–Crippen LogP) is -0.530. The van der Waals surface area contributed by atoms with Crippen molar-refractivity contribution in [2.24, 2.45) is 16.6 Å². The maximum Gasteiger partial charge on any atom is 0.294 e. The highest BCUT2D eigenvalue weighted by Crippen LogP contribution is 2.08. The highest BCUT2D eigenvalue weighted by atomic mass is 16.4. The molecule has 0 aliphatic rings. The Balaban J connectivity index is 2.76. The normalized spacial score (nSPS) is 10.9. The van der Waals surface area contributed by atoms with Crippen LogP contribution < -0.4 is 16.8 Å². The number of rotatable bonds is 2. The first kappa shape index (κ1) is 11.5. The average Bonchev–Trinajstić information content (AvgIpc) is 2.28. The molecule has 0 unspecified atom stereocenters. The quantitative estimate of drug-likeness (QED) is 0.232. The van der Waals surface area contributed by atoms with Crippen LogP contribution in [0, 0.1) is 0 Å². The Morgan fingerprint density at radius 1 is 1.19 bits per heavy atom. The van der Waals surface area contributed by atoms with Gasteiger partial charge in [-0.3, -0.25) is 9.59 Å². The zero-order chi connectivity index (χ0) is 12.1. The summed E-state index contributed by atoms with van der Waals surface area (Å²) in [5.41, 5.74) is 10.8. The topological polar surface area (TPSA) is 131 Å². The lowest BCUT2D eigenvalue weighted by Gasteiger charge is -2.03. The van der Waals surface area contributed by atoms with E-state index in [9.17, 15) is 9.59 Å². The second kappa shape index (κ2) is 4.78. The third-order valence-corrected chi connectivity index (χ3v) is 1.77. The van der Waals surface area contributed by atoms with Crippen molar-refractivity contribution >= 4 is 23.3 Å². The Bertz CT molecular complexity index is 439. The van der Waals surface area contributed by atoms with Gasteiger partial charge in [0.25, 0.3) is 5.91 Å². The van der Waals surface area contributed by atoms with Crippen molar-refractivity contribution in [2.45, 2.75) is 0 Å². The summed E-state index contributed by atoms with van der Waals surface area (Å²) < 4.78 is 0. The molecule has 1 aromatic carbocycles. The van der Waals surface area contributed by atoms with Crippen LogP contribution in [0.5, 0.6) is 0 Å². The number of carbonyl (C=O) groups is 2. The van der Waals surface area contributed by atoms with Crippen molar-refractivity contribution in [2.75, 3.05) is 5.32 Å². The summed E-state index contributed by atoms with van der Waals surface area (Å²) in [6.45, 7) is 0. The fourth-order valence-electron chi connectivity index (χ4n) is 0.958. The summed E-state index contributed by atoms with van der Waals surface area (Å²) >= 11 is 0. The number of oxime groups is 1. The number of nitrogens with two attached hydrogens (primary N) is 2. The smallest absolute Gasteiger partial charge is 0.294 e. The number of hydrogen-bond donors (Lipinski definition) is 4. The highest BCUT2D eigenvalue weighted by molar-refractivity contribution is 6.41. The summed E-state index contributed by atoms with van der Waals surface area (Å²) in [6, 6.07) is 5.85. The van der Waals surface area contributed by atoms with E-state index in [-0.39, 0.29) is 0 Å². The molecule has 0 aliphatic carbocycles. The lowest BCUT2D eigenvalue weighted by molar-refractivity contribution is -0.110. The number of nitrogens with one attached hydrogen (secondary N) is 1. The molecular weight excluding hydrogens is 212 g/mol. The number of primary amides is 1. The van der Waals surface area contributed by atoms with E-state index in [4.69, 9.17) is 16.7 Å². The van der Waals surface area contributed by atoms with Gasteiger partial charge in [-0.2, -0.15) is 0 Å². The molecule has 6 N–H and O–H groups in total. The zero-order valence-corrected chi connectivity index (χ0v) is 8.18. The molecule has 7 heteroatoms. The molecule has 0 fully saturated rings. The fraction of sp³-hybridized carbons (Fsp3) is 0. The molecule has 1 rings (SSSR count). The molecule has 16 heavy (non-hydrogen) atoms. The van der Waals surface area contributed by atoms with Crippen LogP contribution in [0.25, 0.3) is 0 Å². The van der Waals surface area contributed by atoms with Gasteiger partial charge in [-0.1, -0.05) is 5.16 Å². The van der Waals surface area contributed by atoms with Crippen molar-refractivity contribution in [3.8, 4) is 0 Å². The van der Waals surface area contributed by atoms with Crippen molar-refractivity contribution in [1.82, 2.24) is 0 Å². The minimum atomic E-state index is -0.741. The molecule has 0 spiro atoms. The third-order valence-electron chi connectivity index (χ3n) is 1.77. The second-order valence-electron chi connectivity index (χ2n) is 2.88. The summed E-state index contributed by atoms with van der Waals surface area (Å²) in [5.74, 6) is -1.86. The first-order valence-corrected chi connectivity index (χ1v) is 4.23. The van der Waals surface area contributed by atoms with Crippen molar-refractivity contribution in [3.05, 3.63) is 29.8 Å². The molecule has 7 nitrogen and oxygen atoms in total. The number of anilines is 1. The molecule has 0 aromatic heterocycles. The van der Waals surface area contributed by atoms with E-state index in [1.807, 2.05) is 0 Å². The molecule has 0 bridgehead atoms. The first-order chi connectivity index (χ1) is 7.54. The van der Waals surface area contributed by atoms with Crippen LogP contribution in [0.2, 0.25) is 0 Å². The van der Waals surface area contributed by atoms with Gasteiger partial charge in [-0.15, -0.1) is 0 Å². The van der Waals surface area contributed by atoms with Gasteiger partial charge in [0.15, 0.2) is 0 Å². The van der Waals surface area contributed by atoms with E-state index in [1.54, 1.807) is 0 Å². The summed E-state index contributed by atoms with van der Waals surface area (Å²) in [6.07, 6.45) is 0. The van der Waals surface area contributed by atoms with Gasteiger partial charge in [-0.05, 0) is 24.3 Å².